The summed E-state index contributed by atoms with van der Waals surface area (Å²) in [6.07, 6.45) is 0. The van der Waals surface area contributed by atoms with E-state index in [1.54, 1.807) is 0 Å². The third-order valence-corrected chi connectivity index (χ3v) is 2.20. The second-order valence-corrected chi connectivity index (χ2v) is 3.55. The standard InChI is InChI=1S/C9H8ClF3O/c1-3(2)4-6(11)8(13)5(10)9(14)7(4)12/h3,14H,1-2H3. The van der Waals surface area contributed by atoms with E-state index in [0.29, 0.717) is 0 Å². The third kappa shape index (κ3) is 1.54. The molecule has 0 heterocycles. The lowest BCUT2D eigenvalue weighted by atomic mass is 10.0. The molecule has 0 radical (unpaired) electrons. The van der Waals surface area contributed by atoms with Gasteiger partial charge in [0.25, 0.3) is 0 Å². The molecular formula is C9H8ClF3O. The van der Waals surface area contributed by atoms with E-state index < -0.39 is 39.7 Å². The van der Waals surface area contributed by atoms with Gasteiger partial charge in [-0.15, -0.1) is 0 Å². The molecule has 1 nitrogen and oxygen atoms in total. The Hall–Kier alpha value is -0.900. The van der Waals surface area contributed by atoms with Gasteiger partial charge in [0.1, 0.15) is 5.02 Å². The van der Waals surface area contributed by atoms with E-state index in [9.17, 15) is 13.2 Å². The minimum atomic E-state index is -1.42. The number of benzene rings is 1. The number of phenols is 1. The molecule has 0 spiro atoms. The van der Waals surface area contributed by atoms with Gasteiger partial charge in [0.05, 0.1) is 0 Å². The Balaban J connectivity index is 3.60. The zero-order valence-electron chi connectivity index (χ0n) is 7.54. The summed E-state index contributed by atoms with van der Waals surface area (Å²) in [4.78, 5) is 0. The molecule has 0 aliphatic heterocycles. The van der Waals surface area contributed by atoms with Crippen LogP contribution in [-0.4, -0.2) is 5.11 Å². The second-order valence-electron chi connectivity index (χ2n) is 3.17. The molecular weight excluding hydrogens is 217 g/mol. The highest BCUT2D eigenvalue weighted by Gasteiger charge is 2.25. The van der Waals surface area contributed by atoms with Gasteiger partial charge in [0.2, 0.25) is 0 Å². The first-order valence-corrected chi connectivity index (χ1v) is 4.30. The molecule has 0 aliphatic rings. The molecule has 0 saturated heterocycles. The first-order valence-electron chi connectivity index (χ1n) is 3.92. The molecule has 0 fully saturated rings. The SMILES string of the molecule is CC(C)c1c(F)c(O)c(Cl)c(F)c1F. The lowest BCUT2D eigenvalue weighted by Crippen LogP contribution is -2.02. The van der Waals surface area contributed by atoms with Crippen LogP contribution in [0.3, 0.4) is 0 Å². The van der Waals surface area contributed by atoms with E-state index in [1.807, 2.05) is 0 Å². The van der Waals surface area contributed by atoms with Gasteiger partial charge in [-0.25, -0.2) is 13.2 Å². The quantitative estimate of drug-likeness (QED) is 0.571. The Morgan fingerprint density at radius 3 is 2.00 bits per heavy atom. The molecule has 0 aliphatic carbocycles. The highest BCUT2D eigenvalue weighted by atomic mass is 35.5. The molecule has 0 atom stereocenters. The van der Waals surface area contributed by atoms with Gasteiger partial charge >= 0.3 is 0 Å². The number of hydrogen-bond acceptors (Lipinski definition) is 1. The first-order chi connectivity index (χ1) is 6.37. The van der Waals surface area contributed by atoms with Crippen molar-refractivity contribution in [1.82, 2.24) is 0 Å². The molecule has 1 N–H and O–H groups in total. The maximum absolute atomic E-state index is 13.2. The Morgan fingerprint density at radius 2 is 1.57 bits per heavy atom. The van der Waals surface area contributed by atoms with Crippen molar-refractivity contribution in [3.63, 3.8) is 0 Å². The summed E-state index contributed by atoms with van der Waals surface area (Å²) >= 11 is 5.16. The molecule has 78 valence electrons. The fourth-order valence-electron chi connectivity index (χ4n) is 1.15. The number of hydrogen-bond donors (Lipinski definition) is 1. The van der Waals surface area contributed by atoms with Gasteiger partial charge in [0, 0.05) is 5.56 Å². The second kappa shape index (κ2) is 3.69. The molecule has 1 aromatic rings. The maximum Gasteiger partial charge on any atom is 0.181 e. The van der Waals surface area contributed by atoms with Crippen molar-refractivity contribution in [3.05, 3.63) is 28.0 Å². The maximum atomic E-state index is 13.2. The van der Waals surface area contributed by atoms with Crippen molar-refractivity contribution in [2.24, 2.45) is 0 Å². The van der Waals surface area contributed by atoms with Crippen molar-refractivity contribution < 1.29 is 18.3 Å². The molecule has 1 aromatic carbocycles. The van der Waals surface area contributed by atoms with Crippen LogP contribution >= 0.6 is 11.6 Å². The van der Waals surface area contributed by atoms with Crippen LogP contribution in [0.25, 0.3) is 0 Å². The van der Waals surface area contributed by atoms with E-state index in [2.05, 4.69) is 0 Å². The van der Waals surface area contributed by atoms with Gasteiger partial charge in [-0.2, -0.15) is 0 Å². The third-order valence-electron chi connectivity index (χ3n) is 1.85. The minimum absolute atomic E-state index is 0.496. The molecule has 0 bridgehead atoms. The summed E-state index contributed by atoms with van der Waals surface area (Å²) in [6, 6.07) is 0. The van der Waals surface area contributed by atoms with Crippen LogP contribution in [0.15, 0.2) is 0 Å². The summed E-state index contributed by atoms with van der Waals surface area (Å²) in [6.45, 7) is 2.96. The van der Waals surface area contributed by atoms with Crippen LogP contribution in [0, 0.1) is 17.5 Å². The van der Waals surface area contributed by atoms with Crippen molar-refractivity contribution in [2.45, 2.75) is 19.8 Å². The zero-order chi connectivity index (χ0) is 11.0. The Morgan fingerprint density at radius 1 is 1.07 bits per heavy atom. The molecule has 0 amide bonds. The molecule has 0 aromatic heterocycles. The summed E-state index contributed by atoms with van der Waals surface area (Å²) in [5, 5.41) is 8.10. The monoisotopic (exact) mass is 224 g/mol. The lowest BCUT2D eigenvalue weighted by Gasteiger charge is -2.11. The predicted molar refractivity (Wildman–Crippen MR) is 47.1 cm³/mol. The van der Waals surface area contributed by atoms with Crippen LogP contribution in [0.1, 0.15) is 25.3 Å². The van der Waals surface area contributed by atoms with Crippen molar-refractivity contribution in [2.75, 3.05) is 0 Å². The summed E-state index contributed by atoms with van der Waals surface area (Å²) < 4.78 is 39.3. The van der Waals surface area contributed by atoms with Crippen LogP contribution < -0.4 is 0 Å². The van der Waals surface area contributed by atoms with Crippen molar-refractivity contribution in [3.8, 4) is 5.75 Å². The average molecular weight is 225 g/mol. The number of aromatic hydroxyl groups is 1. The van der Waals surface area contributed by atoms with E-state index in [1.165, 1.54) is 13.8 Å². The van der Waals surface area contributed by atoms with Gasteiger partial charge in [-0.1, -0.05) is 25.4 Å². The van der Waals surface area contributed by atoms with Crippen LogP contribution in [0.4, 0.5) is 13.2 Å². The van der Waals surface area contributed by atoms with E-state index in [4.69, 9.17) is 16.7 Å². The zero-order valence-corrected chi connectivity index (χ0v) is 8.29. The Bertz CT molecular complexity index is 348. The van der Waals surface area contributed by atoms with E-state index in [0.717, 1.165) is 0 Å². The van der Waals surface area contributed by atoms with Crippen LogP contribution in [0.5, 0.6) is 5.75 Å². The Kier molecular flexibility index (Phi) is 2.95. The van der Waals surface area contributed by atoms with E-state index in [-0.39, 0.29) is 0 Å². The molecule has 1 rings (SSSR count). The van der Waals surface area contributed by atoms with Crippen LogP contribution in [0.2, 0.25) is 5.02 Å². The highest BCUT2D eigenvalue weighted by molar-refractivity contribution is 6.32. The molecule has 0 saturated carbocycles. The molecule has 5 heteroatoms. The molecule has 0 unspecified atom stereocenters. The predicted octanol–water partition coefficient (Wildman–Crippen LogP) is 3.59. The van der Waals surface area contributed by atoms with Gasteiger partial charge < -0.3 is 5.11 Å². The first kappa shape index (κ1) is 11.2. The van der Waals surface area contributed by atoms with Gasteiger partial charge in [0.15, 0.2) is 23.2 Å². The summed E-state index contributed by atoms with van der Waals surface area (Å²) in [5.74, 6) is -5.60. The normalized spacial score (nSPS) is 11.1. The average Bonchev–Trinajstić information content (AvgIpc) is 2.11. The fourth-order valence-corrected chi connectivity index (χ4v) is 1.31. The van der Waals surface area contributed by atoms with Gasteiger partial charge in [-0.3, -0.25) is 0 Å². The lowest BCUT2D eigenvalue weighted by molar-refractivity contribution is 0.402. The number of rotatable bonds is 1. The van der Waals surface area contributed by atoms with E-state index >= 15 is 0 Å². The summed E-state index contributed by atoms with van der Waals surface area (Å²) in [7, 11) is 0. The smallest absolute Gasteiger partial charge is 0.181 e. The van der Waals surface area contributed by atoms with Crippen molar-refractivity contribution >= 4 is 11.6 Å². The minimum Gasteiger partial charge on any atom is -0.504 e. The topological polar surface area (TPSA) is 20.2 Å². The summed E-state index contributed by atoms with van der Waals surface area (Å²) in [5.41, 5.74) is -0.496. The fraction of sp³-hybridized carbons (Fsp3) is 0.333. The van der Waals surface area contributed by atoms with Gasteiger partial charge in [-0.05, 0) is 5.92 Å². The molecule has 14 heavy (non-hydrogen) atoms. The number of halogens is 4. The number of phenolic OH excluding ortho intramolecular Hbond substituents is 1. The Labute approximate surface area is 84.1 Å². The van der Waals surface area contributed by atoms with Crippen LogP contribution in [-0.2, 0) is 0 Å². The largest absolute Gasteiger partial charge is 0.504 e. The van der Waals surface area contributed by atoms with Crippen molar-refractivity contribution in [1.29, 1.82) is 0 Å². The highest BCUT2D eigenvalue weighted by Crippen LogP contribution is 2.36.